The fourth-order valence-corrected chi connectivity index (χ4v) is 3.26. The van der Waals surface area contributed by atoms with Gasteiger partial charge in [0.1, 0.15) is 17.6 Å². The van der Waals surface area contributed by atoms with Gasteiger partial charge < -0.3 is 20.5 Å². The predicted molar refractivity (Wildman–Crippen MR) is 102 cm³/mol. The molecule has 3 N–H and O–H groups in total. The molecule has 29 heavy (non-hydrogen) atoms. The summed E-state index contributed by atoms with van der Waals surface area (Å²) in [5.41, 5.74) is 0.194. The first kappa shape index (κ1) is 20.8. The molecule has 8 nitrogen and oxygen atoms in total. The zero-order valence-corrected chi connectivity index (χ0v) is 15.8. The van der Waals surface area contributed by atoms with Crippen LogP contribution in [-0.4, -0.2) is 58.3 Å². The van der Waals surface area contributed by atoms with Crippen LogP contribution in [0.4, 0.5) is 4.39 Å². The molecule has 1 aliphatic rings. The Labute approximate surface area is 167 Å². The van der Waals surface area contributed by atoms with Gasteiger partial charge in [-0.3, -0.25) is 14.6 Å². The number of rotatable bonds is 7. The molecule has 0 unspecified atom stereocenters. The van der Waals surface area contributed by atoms with Gasteiger partial charge in [-0.1, -0.05) is 12.1 Å². The van der Waals surface area contributed by atoms with Gasteiger partial charge in [0.05, 0.1) is 30.5 Å². The smallest absolute Gasteiger partial charge is 0.271 e. The van der Waals surface area contributed by atoms with Crippen LogP contribution in [0.2, 0.25) is 0 Å². The number of aliphatic hydroxyl groups excluding tert-OH is 1. The summed E-state index contributed by atoms with van der Waals surface area (Å²) in [6.45, 7) is 0.0656. The van der Waals surface area contributed by atoms with Crippen LogP contribution in [0, 0.1) is 5.82 Å². The molecule has 154 valence electrons. The Balaban J connectivity index is 1.46. The number of carbonyl (C=O) groups is 2. The lowest BCUT2D eigenvalue weighted by molar-refractivity contribution is -0.0893. The molecule has 1 aromatic carbocycles. The van der Waals surface area contributed by atoms with Crippen LogP contribution >= 0.6 is 0 Å². The third kappa shape index (κ3) is 5.55. The molecule has 1 aliphatic heterocycles. The third-order valence-electron chi connectivity index (χ3n) is 4.78. The lowest BCUT2D eigenvalue weighted by Crippen LogP contribution is -2.51. The van der Waals surface area contributed by atoms with Crippen LogP contribution < -0.4 is 10.6 Å². The van der Waals surface area contributed by atoms with Gasteiger partial charge in [-0.15, -0.1) is 0 Å². The minimum Gasteiger partial charge on any atom is -0.394 e. The maximum Gasteiger partial charge on any atom is 0.271 e. The van der Waals surface area contributed by atoms with Crippen molar-refractivity contribution < 1.29 is 23.8 Å². The monoisotopic (exact) mass is 402 g/mol. The van der Waals surface area contributed by atoms with E-state index in [9.17, 15) is 19.1 Å². The molecule has 9 heteroatoms. The fraction of sp³-hybridized carbons (Fsp3) is 0.400. The number of nitrogens with one attached hydrogen (secondary N) is 2. The van der Waals surface area contributed by atoms with Crippen LogP contribution in [0.3, 0.4) is 0 Å². The van der Waals surface area contributed by atoms with Crippen LogP contribution in [0.1, 0.15) is 40.1 Å². The van der Waals surface area contributed by atoms with Crippen LogP contribution in [0.25, 0.3) is 0 Å². The van der Waals surface area contributed by atoms with E-state index in [-0.39, 0.29) is 35.9 Å². The number of ether oxygens (including phenoxy) is 1. The molecule has 0 bridgehead atoms. The van der Waals surface area contributed by atoms with Gasteiger partial charge in [-0.25, -0.2) is 9.37 Å². The maximum absolute atomic E-state index is 13.6. The van der Waals surface area contributed by atoms with E-state index in [1.807, 2.05) is 0 Å². The van der Waals surface area contributed by atoms with Gasteiger partial charge in [-0.05, 0) is 31.4 Å². The lowest BCUT2D eigenvalue weighted by Gasteiger charge is -2.36. The van der Waals surface area contributed by atoms with Crippen molar-refractivity contribution in [3.63, 3.8) is 0 Å². The zero-order valence-electron chi connectivity index (χ0n) is 15.8. The molecule has 3 rings (SSSR count). The number of aliphatic hydroxyl groups is 1. The first-order valence-corrected chi connectivity index (χ1v) is 9.44. The second-order valence-electron chi connectivity index (χ2n) is 6.75. The second-order valence-corrected chi connectivity index (χ2v) is 6.75. The molecule has 1 saturated heterocycles. The SMILES string of the molecule is O=C(N[C@@H]1CC[C@@H](CCNC(=O)c2ccccc2F)O[C@H]1CO)c1cnccn1. The van der Waals surface area contributed by atoms with E-state index in [1.165, 1.54) is 36.8 Å². The Morgan fingerprint density at radius 1 is 1.21 bits per heavy atom. The number of nitrogens with zero attached hydrogens (tertiary/aromatic N) is 2. The average molecular weight is 402 g/mol. The molecule has 3 atom stereocenters. The summed E-state index contributed by atoms with van der Waals surface area (Å²) in [6.07, 6.45) is 5.32. The highest BCUT2D eigenvalue weighted by Gasteiger charge is 2.32. The zero-order chi connectivity index (χ0) is 20.6. The molecule has 1 aromatic heterocycles. The van der Waals surface area contributed by atoms with Gasteiger partial charge in [0.2, 0.25) is 0 Å². The Bertz CT molecular complexity index is 836. The summed E-state index contributed by atoms with van der Waals surface area (Å²) in [6, 6.07) is 5.44. The minimum absolute atomic E-state index is 0.00270. The fourth-order valence-electron chi connectivity index (χ4n) is 3.26. The molecule has 1 fully saturated rings. The summed E-state index contributed by atoms with van der Waals surface area (Å²) in [7, 11) is 0. The van der Waals surface area contributed by atoms with E-state index in [4.69, 9.17) is 4.74 Å². The van der Waals surface area contributed by atoms with Crippen LogP contribution in [-0.2, 0) is 4.74 Å². The average Bonchev–Trinajstić information content (AvgIpc) is 2.75. The number of halogens is 1. The number of carbonyl (C=O) groups excluding carboxylic acids is 2. The molecular formula is C20H23FN4O4. The summed E-state index contributed by atoms with van der Waals surface area (Å²) in [5, 5.41) is 15.1. The van der Waals surface area contributed by atoms with Gasteiger partial charge >= 0.3 is 0 Å². The van der Waals surface area contributed by atoms with Gasteiger partial charge in [0.25, 0.3) is 11.8 Å². The Kier molecular flexibility index (Phi) is 7.20. The Morgan fingerprint density at radius 2 is 2.03 bits per heavy atom. The normalized spacial score (nSPS) is 21.4. The molecule has 0 radical (unpaired) electrons. The van der Waals surface area contributed by atoms with Crippen molar-refractivity contribution in [2.24, 2.45) is 0 Å². The summed E-state index contributed by atoms with van der Waals surface area (Å²) >= 11 is 0. The second kappa shape index (κ2) is 10.0. The van der Waals surface area contributed by atoms with Gasteiger partial charge in [-0.2, -0.15) is 0 Å². The lowest BCUT2D eigenvalue weighted by atomic mass is 9.97. The molecule has 2 amide bonds. The van der Waals surface area contributed by atoms with Crippen molar-refractivity contribution in [1.82, 2.24) is 20.6 Å². The predicted octanol–water partition coefficient (Wildman–Crippen LogP) is 1.07. The maximum atomic E-state index is 13.6. The summed E-state index contributed by atoms with van der Waals surface area (Å²) in [4.78, 5) is 32.1. The van der Waals surface area contributed by atoms with Gasteiger partial charge in [0.15, 0.2) is 0 Å². The molecule has 0 aliphatic carbocycles. The summed E-state index contributed by atoms with van der Waals surface area (Å²) in [5.74, 6) is -1.42. The quantitative estimate of drug-likeness (QED) is 0.639. The van der Waals surface area contributed by atoms with Crippen molar-refractivity contribution in [1.29, 1.82) is 0 Å². The van der Waals surface area contributed by atoms with E-state index < -0.39 is 17.8 Å². The van der Waals surface area contributed by atoms with Crippen molar-refractivity contribution >= 4 is 11.8 Å². The highest BCUT2D eigenvalue weighted by atomic mass is 19.1. The topological polar surface area (TPSA) is 113 Å². The van der Waals surface area contributed by atoms with E-state index >= 15 is 0 Å². The number of amides is 2. The minimum atomic E-state index is -0.569. The standard InChI is InChI=1S/C20H23FN4O4/c21-15-4-2-1-3-14(15)19(27)24-8-7-13-5-6-16(18(12-26)29-13)25-20(28)17-11-22-9-10-23-17/h1-4,9-11,13,16,18,26H,5-8,12H2,(H,24,27)(H,25,28)/t13-,16+,18-/m0/s1. The molecule has 2 heterocycles. The first-order valence-electron chi connectivity index (χ1n) is 9.44. The van der Waals surface area contributed by atoms with E-state index in [2.05, 4.69) is 20.6 Å². The van der Waals surface area contributed by atoms with Crippen molar-refractivity contribution in [3.8, 4) is 0 Å². The Hall–Kier alpha value is -2.91. The third-order valence-corrected chi connectivity index (χ3v) is 4.78. The van der Waals surface area contributed by atoms with Crippen molar-refractivity contribution in [3.05, 3.63) is 59.9 Å². The molecular weight excluding hydrogens is 379 g/mol. The molecule has 0 spiro atoms. The molecule has 0 saturated carbocycles. The number of benzene rings is 1. The highest BCUT2D eigenvalue weighted by molar-refractivity contribution is 5.94. The first-order chi connectivity index (χ1) is 14.1. The van der Waals surface area contributed by atoms with Gasteiger partial charge in [0, 0.05) is 18.9 Å². The Morgan fingerprint density at radius 3 is 2.76 bits per heavy atom. The van der Waals surface area contributed by atoms with Crippen LogP contribution in [0.15, 0.2) is 42.9 Å². The number of aromatic nitrogens is 2. The van der Waals surface area contributed by atoms with E-state index in [0.717, 1.165) is 0 Å². The van der Waals surface area contributed by atoms with Crippen molar-refractivity contribution in [2.45, 2.75) is 37.5 Å². The van der Waals surface area contributed by atoms with Crippen LogP contribution in [0.5, 0.6) is 0 Å². The number of hydrogen-bond donors (Lipinski definition) is 3. The van der Waals surface area contributed by atoms with Crippen molar-refractivity contribution in [2.75, 3.05) is 13.2 Å². The van der Waals surface area contributed by atoms with E-state index in [1.54, 1.807) is 6.07 Å². The van der Waals surface area contributed by atoms with E-state index in [0.29, 0.717) is 25.8 Å². The highest BCUT2D eigenvalue weighted by Crippen LogP contribution is 2.22. The molecule has 2 aromatic rings. The summed E-state index contributed by atoms with van der Waals surface area (Å²) < 4.78 is 19.5. The number of hydrogen-bond acceptors (Lipinski definition) is 6. The largest absolute Gasteiger partial charge is 0.394 e.